The van der Waals surface area contributed by atoms with Gasteiger partial charge in [-0.15, -0.1) is 11.3 Å². The van der Waals surface area contributed by atoms with Crippen LogP contribution in [0, 0.1) is 5.92 Å². The number of hydrogen-bond donors (Lipinski definition) is 1. The summed E-state index contributed by atoms with van der Waals surface area (Å²) in [5.41, 5.74) is 6.72. The fraction of sp³-hybridized carbons (Fsp3) is 0.750. The van der Waals surface area contributed by atoms with E-state index in [1.807, 2.05) is 0 Å². The summed E-state index contributed by atoms with van der Waals surface area (Å²) in [6, 6.07) is 0.694. The fourth-order valence-electron chi connectivity index (χ4n) is 2.00. The van der Waals surface area contributed by atoms with Crippen molar-refractivity contribution in [1.82, 2.24) is 9.88 Å². The quantitative estimate of drug-likeness (QED) is 0.824. The number of aromatic nitrogens is 1. The van der Waals surface area contributed by atoms with Crippen LogP contribution in [0.1, 0.15) is 30.5 Å². The molecule has 90 valence electrons. The minimum absolute atomic E-state index is 0.694. The lowest BCUT2D eigenvalue weighted by Crippen LogP contribution is -2.30. The highest BCUT2D eigenvalue weighted by Gasteiger charge is 2.30. The Morgan fingerprint density at radius 2 is 2.38 bits per heavy atom. The largest absolute Gasteiger partial charge is 0.330 e. The van der Waals surface area contributed by atoms with Gasteiger partial charge in [0.15, 0.2) is 0 Å². The first-order chi connectivity index (χ1) is 7.70. The monoisotopic (exact) mass is 239 g/mol. The van der Waals surface area contributed by atoms with Crippen LogP contribution in [0.3, 0.4) is 0 Å². The number of hydrogen-bond acceptors (Lipinski definition) is 4. The average Bonchev–Trinajstić information content (AvgIpc) is 3.02. The molecule has 0 aromatic carbocycles. The minimum atomic E-state index is 0.694. The normalized spacial score (nSPS) is 18.0. The highest BCUT2D eigenvalue weighted by Crippen LogP contribution is 2.35. The van der Waals surface area contributed by atoms with Crippen molar-refractivity contribution < 1.29 is 0 Å². The Morgan fingerprint density at radius 3 is 3.00 bits per heavy atom. The van der Waals surface area contributed by atoms with Crippen LogP contribution < -0.4 is 5.73 Å². The molecule has 0 saturated heterocycles. The third-order valence-electron chi connectivity index (χ3n) is 3.37. The predicted octanol–water partition coefficient (Wildman–Crippen LogP) is 1.87. The van der Waals surface area contributed by atoms with E-state index >= 15 is 0 Å². The SMILES string of the molecule is CC(C1CC1)N(C)Cc1csc(CCN)n1. The van der Waals surface area contributed by atoms with Crippen LogP contribution in [0.15, 0.2) is 5.38 Å². The molecule has 1 aliphatic rings. The average molecular weight is 239 g/mol. The first kappa shape index (κ1) is 12.0. The number of nitrogens with two attached hydrogens (primary N) is 1. The van der Waals surface area contributed by atoms with Crippen molar-refractivity contribution in [3.05, 3.63) is 16.1 Å². The molecule has 1 aromatic heterocycles. The van der Waals surface area contributed by atoms with Crippen molar-refractivity contribution in [3.63, 3.8) is 0 Å². The van der Waals surface area contributed by atoms with E-state index in [-0.39, 0.29) is 0 Å². The van der Waals surface area contributed by atoms with Gasteiger partial charge in [0.25, 0.3) is 0 Å². The van der Waals surface area contributed by atoms with Crippen LogP contribution in [0.5, 0.6) is 0 Å². The van der Waals surface area contributed by atoms with Crippen molar-refractivity contribution in [2.45, 2.75) is 38.8 Å². The maximum Gasteiger partial charge on any atom is 0.0941 e. The number of nitrogens with zero attached hydrogens (tertiary/aromatic N) is 2. The molecule has 0 aliphatic heterocycles. The summed E-state index contributed by atoms with van der Waals surface area (Å²) in [6.07, 6.45) is 3.72. The van der Waals surface area contributed by atoms with E-state index in [0.717, 1.165) is 18.9 Å². The van der Waals surface area contributed by atoms with Gasteiger partial charge in [0, 0.05) is 24.4 Å². The molecule has 2 rings (SSSR count). The Kier molecular flexibility index (Phi) is 3.95. The topological polar surface area (TPSA) is 42.1 Å². The molecule has 1 aromatic rings. The van der Waals surface area contributed by atoms with E-state index in [4.69, 9.17) is 5.73 Å². The van der Waals surface area contributed by atoms with Gasteiger partial charge in [0.05, 0.1) is 10.7 Å². The summed E-state index contributed by atoms with van der Waals surface area (Å²) < 4.78 is 0. The van der Waals surface area contributed by atoms with Crippen molar-refractivity contribution in [2.75, 3.05) is 13.6 Å². The Morgan fingerprint density at radius 1 is 1.62 bits per heavy atom. The van der Waals surface area contributed by atoms with Crippen LogP contribution in [0.4, 0.5) is 0 Å². The van der Waals surface area contributed by atoms with Gasteiger partial charge in [-0.25, -0.2) is 4.98 Å². The van der Waals surface area contributed by atoms with Crippen molar-refractivity contribution >= 4 is 11.3 Å². The summed E-state index contributed by atoms with van der Waals surface area (Å²) in [6.45, 7) is 3.99. The van der Waals surface area contributed by atoms with Crippen molar-refractivity contribution in [2.24, 2.45) is 11.7 Å². The van der Waals surface area contributed by atoms with E-state index in [0.29, 0.717) is 12.6 Å². The van der Waals surface area contributed by atoms with Crippen LogP contribution >= 0.6 is 11.3 Å². The molecular weight excluding hydrogens is 218 g/mol. The van der Waals surface area contributed by atoms with Gasteiger partial charge in [0.1, 0.15) is 0 Å². The molecule has 0 amide bonds. The highest BCUT2D eigenvalue weighted by atomic mass is 32.1. The van der Waals surface area contributed by atoms with Crippen LogP contribution in [-0.2, 0) is 13.0 Å². The van der Waals surface area contributed by atoms with E-state index in [1.54, 1.807) is 11.3 Å². The molecule has 2 N–H and O–H groups in total. The summed E-state index contributed by atoms with van der Waals surface area (Å²) >= 11 is 1.73. The van der Waals surface area contributed by atoms with Crippen molar-refractivity contribution in [3.8, 4) is 0 Å². The molecule has 1 unspecified atom stereocenters. The van der Waals surface area contributed by atoms with E-state index in [1.165, 1.54) is 23.5 Å². The zero-order chi connectivity index (χ0) is 11.5. The molecule has 16 heavy (non-hydrogen) atoms. The third-order valence-corrected chi connectivity index (χ3v) is 4.33. The van der Waals surface area contributed by atoms with Gasteiger partial charge in [-0.2, -0.15) is 0 Å². The molecule has 0 spiro atoms. The van der Waals surface area contributed by atoms with Gasteiger partial charge >= 0.3 is 0 Å². The van der Waals surface area contributed by atoms with Gasteiger partial charge in [0.2, 0.25) is 0 Å². The smallest absolute Gasteiger partial charge is 0.0941 e. The Labute approximate surface area is 102 Å². The molecule has 1 heterocycles. The van der Waals surface area contributed by atoms with Gasteiger partial charge < -0.3 is 5.73 Å². The molecule has 0 radical (unpaired) electrons. The Bertz CT molecular complexity index is 333. The molecule has 4 heteroatoms. The second-order valence-corrected chi connectivity index (χ2v) is 5.71. The maximum atomic E-state index is 5.52. The lowest BCUT2D eigenvalue weighted by Gasteiger charge is -2.23. The summed E-state index contributed by atoms with van der Waals surface area (Å²) in [7, 11) is 2.20. The van der Waals surface area contributed by atoms with Crippen LogP contribution in [0.2, 0.25) is 0 Å². The zero-order valence-electron chi connectivity index (χ0n) is 10.1. The summed E-state index contributed by atoms with van der Waals surface area (Å²) in [4.78, 5) is 7.01. The fourth-order valence-corrected chi connectivity index (χ4v) is 2.80. The first-order valence-corrected chi connectivity index (χ1v) is 6.92. The van der Waals surface area contributed by atoms with E-state index < -0.39 is 0 Å². The molecule has 3 nitrogen and oxygen atoms in total. The standard InChI is InChI=1S/C12H21N3S/c1-9(10-3-4-10)15(2)7-11-8-16-12(14-11)5-6-13/h8-10H,3-7,13H2,1-2H3. The third kappa shape index (κ3) is 3.03. The first-order valence-electron chi connectivity index (χ1n) is 6.04. The molecule has 1 atom stereocenters. The van der Waals surface area contributed by atoms with Gasteiger partial charge in [-0.1, -0.05) is 0 Å². The minimum Gasteiger partial charge on any atom is -0.330 e. The second kappa shape index (κ2) is 5.25. The second-order valence-electron chi connectivity index (χ2n) is 4.76. The molecular formula is C12H21N3S. The molecule has 1 fully saturated rings. The lowest BCUT2D eigenvalue weighted by molar-refractivity contribution is 0.224. The summed E-state index contributed by atoms with van der Waals surface area (Å²) in [5.74, 6) is 0.923. The number of rotatable bonds is 6. The van der Waals surface area contributed by atoms with Gasteiger partial charge in [-0.05, 0) is 39.3 Å². The molecule has 0 bridgehead atoms. The maximum absolute atomic E-state index is 5.52. The summed E-state index contributed by atoms with van der Waals surface area (Å²) in [5, 5.41) is 3.34. The lowest BCUT2D eigenvalue weighted by atomic mass is 10.2. The van der Waals surface area contributed by atoms with Crippen molar-refractivity contribution in [1.29, 1.82) is 0 Å². The Hall–Kier alpha value is -0.450. The van der Waals surface area contributed by atoms with E-state index in [9.17, 15) is 0 Å². The molecule has 1 saturated carbocycles. The number of thiazole rings is 1. The van der Waals surface area contributed by atoms with E-state index in [2.05, 4.69) is 29.2 Å². The highest BCUT2D eigenvalue weighted by molar-refractivity contribution is 7.09. The van der Waals surface area contributed by atoms with Gasteiger partial charge in [-0.3, -0.25) is 4.90 Å². The predicted molar refractivity (Wildman–Crippen MR) is 68.5 cm³/mol. The zero-order valence-corrected chi connectivity index (χ0v) is 11.0. The van der Waals surface area contributed by atoms with Crippen LogP contribution in [-0.4, -0.2) is 29.5 Å². The molecule has 1 aliphatic carbocycles. The Balaban J connectivity index is 1.86. The van der Waals surface area contributed by atoms with Crippen LogP contribution in [0.25, 0.3) is 0 Å².